The maximum atomic E-state index is 6.11. The molecule has 0 saturated carbocycles. The summed E-state index contributed by atoms with van der Waals surface area (Å²) < 4.78 is 1.11. The topological polar surface area (TPSA) is 12.0 Å². The molecule has 94 valence electrons. The molecule has 18 heavy (non-hydrogen) atoms. The zero-order valence-corrected chi connectivity index (χ0v) is 12.9. The Morgan fingerprint density at radius 2 is 1.89 bits per heavy atom. The van der Waals surface area contributed by atoms with Gasteiger partial charge in [0.05, 0.1) is 0 Å². The van der Waals surface area contributed by atoms with E-state index in [-0.39, 0.29) is 0 Å². The summed E-state index contributed by atoms with van der Waals surface area (Å²) in [5, 5.41) is 4.75. The van der Waals surface area contributed by atoms with Crippen molar-refractivity contribution in [3.8, 4) is 0 Å². The first-order chi connectivity index (χ1) is 8.56. The van der Waals surface area contributed by atoms with Crippen molar-refractivity contribution in [2.75, 3.05) is 5.32 Å². The summed E-state index contributed by atoms with van der Waals surface area (Å²) in [4.78, 5) is 0. The van der Waals surface area contributed by atoms with Gasteiger partial charge >= 0.3 is 0 Å². The summed E-state index contributed by atoms with van der Waals surface area (Å²) in [7, 11) is 0. The molecule has 1 N–H and O–H groups in total. The second kappa shape index (κ2) is 5.96. The summed E-state index contributed by atoms with van der Waals surface area (Å²) in [5.41, 5.74) is 3.24. The van der Waals surface area contributed by atoms with E-state index in [9.17, 15) is 0 Å². The molecule has 0 spiro atoms. The molecule has 0 aliphatic heterocycles. The lowest BCUT2D eigenvalue weighted by Gasteiger charge is -2.10. The minimum atomic E-state index is 0.653. The molecule has 2 aromatic rings. The van der Waals surface area contributed by atoms with E-state index in [2.05, 4.69) is 34.2 Å². The van der Waals surface area contributed by atoms with Crippen molar-refractivity contribution >= 4 is 44.8 Å². The van der Waals surface area contributed by atoms with Gasteiger partial charge in [0.2, 0.25) is 0 Å². The van der Waals surface area contributed by atoms with Crippen molar-refractivity contribution in [3.63, 3.8) is 0 Å². The average molecular weight is 345 g/mol. The van der Waals surface area contributed by atoms with Crippen molar-refractivity contribution in [2.24, 2.45) is 0 Å². The molecule has 4 heteroatoms. The van der Waals surface area contributed by atoms with Gasteiger partial charge in [-0.15, -0.1) is 0 Å². The molecule has 1 nitrogen and oxygen atoms in total. The molecule has 0 saturated heterocycles. The van der Waals surface area contributed by atoms with E-state index >= 15 is 0 Å². The van der Waals surface area contributed by atoms with Crippen LogP contribution in [0.25, 0.3) is 0 Å². The number of aryl methyl sites for hydroxylation is 1. The smallest absolute Gasteiger partial charge is 0.0456 e. The normalized spacial score (nSPS) is 10.4. The number of anilines is 1. The first kappa shape index (κ1) is 13.7. The summed E-state index contributed by atoms with van der Waals surface area (Å²) in [6.45, 7) is 2.71. The van der Waals surface area contributed by atoms with E-state index in [1.165, 1.54) is 5.56 Å². The Bertz CT molecular complexity index is 570. The molecule has 0 fully saturated rings. The molecule has 0 aliphatic rings. The molecule has 0 aromatic heterocycles. The van der Waals surface area contributed by atoms with E-state index in [0.717, 1.165) is 20.7 Å². The van der Waals surface area contributed by atoms with Crippen LogP contribution in [0.1, 0.15) is 11.1 Å². The van der Waals surface area contributed by atoms with E-state index in [1.54, 1.807) is 6.07 Å². The first-order valence-corrected chi connectivity index (χ1v) is 7.05. The SMILES string of the molecule is Cc1cc(NCc2cc(Cl)ccc2Cl)ccc1Br. The van der Waals surface area contributed by atoms with Crippen LogP contribution in [0.2, 0.25) is 10.0 Å². The highest BCUT2D eigenvalue weighted by molar-refractivity contribution is 9.10. The summed E-state index contributed by atoms with van der Waals surface area (Å²) in [6.07, 6.45) is 0. The van der Waals surface area contributed by atoms with Crippen molar-refractivity contribution in [1.29, 1.82) is 0 Å². The summed E-state index contributed by atoms with van der Waals surface area (Å²) in [6, 6.07) is 11.6. The fraction of sp³-hybridized carbons (Fsp3) is 0.143. The van der Waals surface area contributed by atoms with E-state index in [4.69, 9.17) is 23.2 Å². The van der Waals surface area contributed by atoms with Crippen LogP contribution in [-0.4, -0.2) is 0 Å². The van der Waals surface area contributed by atoms with Gasteiger partial charge in [0.15, 0.2) is 0 Å². The maximum Gasteiger partial charge on any atom is 0.0456 e. The highest BCUT2D eigenvalue weighted by Gasteiger charge is 2.02. The Morgan fingerprint density at radius 1 is 1.11 bits per heavy atom. The molecule has 2 rings (SSSR count). The van der Waals surface area contributed by atoms with Gasteiger partial charge in [0.25, 0.3) is 0 Å². The average Bonchev–Trinajstić information content (AvgIpc) is 2.34. The van der Waals surface area contributed by atoms with E-state index in [1.807, 2.05) is 24.3 Å². The fourth-order valence-corrected chi connectivity index (χ4v) is 2.26. The molecule has 2 aromatic carbocycles. The Labute approximate surface area is 125 Å². The van der Waals surface area contributed by atoms with Crippen LogP contribution in [0.4, 0.5) is 5.69 Å². The van der Waals surface area contributed by atoms with Crippen molar-refractivity contribution in [1.82, 2.24) is 0 Å². The number of hydrogen-bond donors (Lipinski definition) is 1. The monoisotopic (exact) mass is 343 g/mol. The van der Waals surface area contributed by atoms with Crippen molar-refractivity contribution in [3.05, 3.63) is 62.0 Å². The first-order valence-electron chi connectivity index (χ1n) is 5.50. The molecule has 0 bridgehead atoms. The molecule has 0 amide bonds. The third-order valence-corrected chi connectivity index (χ3v) is 4.14. The van der Waals surface area contributed by atoms with Crippen LogP contribution in [-0.2, 0) is 6.54 Å². The lowest BCUT2D eigenvalue weighted by Crippen LogP contribution is -2.00. The van der Waals surface area contributed by atoms with Gasteiger partial charge in [0.1, 0.15) is 0 Å². The van der Waals surface area contributed by atoms with Gasteiger partial charge in [-0.05, 0) is 54.4 Å². The largest absolute Gasteiger partial charge is 0.381 e. The van der Waals surface area contributed by atoms with Gasteiger partial charge in [-0.2, -0.15) is 0 Å². The number of benzene rings is 2. The summed E-state index contributed by atoms with van der Waals surface area (Å²) >= 11 is 15.5. The Kier molecular flexibility index (Phi) is 4.55. The lowest BCUT2D eigenvalue weighted by atomic mass is 10.2. The standard InChI is InChI=1S/C14H12BrCl2N/c1-9-6-12(3-4-13(9)15)18-8-10-7-11(16)2-5-14(10)17/h2-7,18H,8H2,1H3. The second-order valence-electron chi connectivity index (χ2n) is 4.05. The molecule has 0 atom stereocenters. The third kappa shape index (κ3) is 3.41. The van der Waals surface area contributed by atoms with E-state index in [0.29, 0.717) is 11.6 Å². The molecular formula is C14H12BrCl2N. The van der Waals surface area contributed by atoms with Crippen LogP contribution >= 0.6 is 39.1 Å². The second-order valence-corrected chi connectivity index (χ2v) is 5.75. The minimum absolute atomic E-state index is 0.653. The van der Waals surface area contributed by atoms with E-state index < -0.39 is 0 Å². The minimum Gasteiger partial charge on any atom is -0.381 e. The highest BCUT2D eigenvalue weighted by atomic mass is 79.9. The number of nitrogens with one attached hydrogen (secondary N) is 1. The Balaban J connectivity index is 2.11. The Morgan fingerprint density at radius 3 is 2.61 bits per heavy atom. The van der Waals surface area contributed by atoms with Gasteiger partial charge in [-0.25, -0.2) is 0 Å². The Hall–Kier alpha value is -0.700. The van der Waals surface area contributed by atoms with Crippen molar-refractivity contribution in [2.45, 2.75) is 13.5 Å². The van der Waals surface area contributed by atoms with Gasteiger partial charge < -0.3 is 5.32 Å². The summed E-state index contributed by atoms with van der Waals surface area (Å²) in [5.74, 6) is 0. The number of hydrogen-bond acceptors (Lipinski definition) is 1. The molecule has 0 unspecified atom stereocenters. The maximum absolute atomic E-state index is 6.11. The van der Waals surface area contributed by atoms with Gasteiger partial charge in [-0.1, -0.05) is 39.1 Å². The number of rotatable bonds is 3. The zero-order chi connectivity index (χ0) is 13.1. The highest BCUT2D eigenvalue weighted by Crippen LogP contribution is 2.23. The molecular weight excluding hydrogens is 333 g/mol. The van der Waals surface area contributed by atoms with Crippen LogP contribution < -0.4 is 5.32 Å². The van der Waals surface area contributed by atoms with Crippen LogP contribution in [0, 0.1) is 6.92 Å². The zero-order valence-electron chi connectivity index (χ0n) is 9.81. The predicted molar refractivity (Wildman–Crippen MR) is 82.7 cm³/mol. The van der Waals surface area contributed by atoms with Crippen molar-refractivity contribution < 1.29 is 0 Å². The number of halogens is 3. The fourth-order valence-electron chi connectivity index (χ4n) is 1.63. The predicted octanol–water partition coefficient (Wildman–Crippen LogP) is 5.68. The van der Waals surface area contributed by atoms with Gasteiger partial charge in [-0.3, -0.25) is 0 Å². The van der Waals surface area contributed by atoms with Crippen LogP contribution in [0.15, 0.2) is 40.9 Å². The van der Waals surface area contributed by atoms with Crippen LogP contribution in [0.5, 0.6) is 0 Å². The lowest BCUT2D eigenvalue weighted by molar-refractivity contribution is 1.15. The third-order valence-electron chi connectivity index (χ3n) is 2.65. The quantitative estimate of drug-likeness (QED) is 0.755. The molecule has 0 heterocycles. The van der Waals surface area contributed by atoms with Crippen LogP contribution in [0.3, 0.4) is 0 Å². The van der Waals surface area contributed by atoms with Gasteiger partial charge in [0, 0.05) is 26.8 Å². The molecule has 0 aliphatic carbocycles. The molecule has 0 radical (unpaired) electrons.